The first-order valence-corrected chi connectivity index (χ1v) is 11.5. The van der Waals surface area contributed by atoms with Gasteiger partial charge in [-0.2, -0.15) is 0 Å². The number of aryl methyl sites for hydroxylation is 1. The number of carbonyl (C=O) groups is 2. The third-order valence-corrected chi connectivity index (χ3v) is 6.57. The number of hydrogen-bond donors (Lipinski definition) is 0. The minimum absolute atomic E-state index is 0.0217. The molecule has 34 heavy (non-hydrogen) atoms. The molecule has 0 fully saturated rings. The quantitative estimate of drug-likeness (QED) is 0.386. The number of aromatic nitrogens is 2. The monoisotopic (exact) mass is 471 g/mol. The van der Waals surface area contributed by atoms with Crippen molar-refractivity contribution in [3.8, 4) is 27.7 Å². The van der Waals surface area contributed by atoms with Crippen LogP contribution in [0.1, 0.15) is 20.8 Å². The van der Waals surface area contributed by atoms with Crippen LogP contribution in [0, 0.1) is 6.92 Å². The Morgan fingerprint density at radius 2 is 1.97 bits per heavy atom. The Labute approximate surface area is 200 Å². The van der Waals surface area contributed by atoms with Gasteiger partial charge in [0.2, 0.25) is 0 Å². The molecule has 0 N–H and O–H groups in total. The van der Waals surface area contributed by atoms with E-state index in [2.05, 4.69) is 4.98 Å². The van der Waals surface area contributed by atoms with Crippen molar-refractivity contribution in [2.24, 2.45) is 0 Å². The predicted octanol–water partition coefficient (Wildman–Crippen LogP) is 4.89. The van der Waals surface area contributed by atoms with Crippen LogP contribution in [0.4, 0.5) is 5.69 Å². The topological polar surface area (TPSA) is 81.6 Å². The summed E-state index contributed by atoms with van der Waals surface area (Å²) in [4.78, 5) is 36.5. The van der Waals surface area contributed by atoms with E-state index in [0.717, 1.165) is 32.4 Å². The Bertz CT molecular complexity index is 1370. The number of anilines is 1. The maximum atomic E-state index is 12.8. The van der Waals surface area contributed by atoms with Crippen molar-refractivity contribution in [1.82, 2.24) is 9.97 Å². The van der Waals surface area contributed by atoms with Crippen LogP contribution in [0.15, 0.2) is 66.9 Å². The Morgan fingerprint density at radius 1 is 1.15 bits per heavy atom. The number of amides is 1. The number of hydrogen-bond acceptors (Lipinski definition) is 7. The van der Waals surface area contributed by atoms with Gasteiger partial charge in [0.15, 0.2) is 6.61 Å². The molecular weight excluding hydrogens is 450 g/mol. The summed E-state index contributed by atoms with van der Waals surface area (Å²) in [6.45, 7) is 2.36. The fourth-order valence-electron chi connectivity index (χ4n) is 3.83. The van der Waals surface area contributed by atoms with E-state index in [0.29, 0.717) is 23.5 Å². The van der Waals surface area contributed by atoms with Gasteiger partial charge in [-0.15, -0.1) is 11.3 Å². The van der Waals surface area contributed by atoms with Gasteiger partial charge in [-0.25, -0.2) is 9.78 Å². The lowest BCUT2D eigenvalue weighted by molar-refractivity contribution is -0.121. The minimum atomic E-state index is -0.396. The molecular formula is C26H21N3O4S. The van der Waals surface area contributed by atoms with Crippen molar-refractivity contribution >= 4 is 28.9 Å². The third kappa shape index (κ3) is 4.15. The van der Waals surface area contributed by atoms with E-state index in [1.54, 1.807) is 34.6 Å². The van der Waals surface area contributed by atoms with Crippen LogP contribution in [0.25, 0.3) is 22.0 Å². The molecule has 0 unspecified atom stereocenters. The zero-order valence-corrected chi connectivity index (χ0v) is 19.5. The number of nitrogens with zero attached hydrogens (tertiary/aromatic N) is 3. The third-order valence-electron chi connectivity index (χ3n) is 5.57. The van der Waals surface area contributed by atoms with E-state index in [9.17, 15) is 9.59 Å². The van der Waals surface area contributed by atoms with E-state index < -0.39 is 5.97 Å². The van der Waals surface area contributed by atoms with E-state index in [1.165, 1.54) is 7.11 Å². The first-order valence-electron chi connectivity index (χ1n) is 10.7. The van der Waals surface area contributed by atoms with Crippen LogP contribution in [0.2, 0.25) is 0 Å². The van der Waals surface area contributed by atoms with Gasteiger partial charge in [-0.05, 0) is 55.0 Å². The molecule has 0 bridgehead atoms. The molecule has 1 aliphatic heterocycles. The maximum Gasteiger partial charge on any atom is 0.337 e. The van der Waals surface area contributed by atoms with Gasteiger partial charge in [0.1, 0.15) is 10.8 Å². The average Bonchev–Trinajstić information content (AvgIpc) is 3.27. The van der Waals surface area contributed by atoms with Crippen molar-refractivity contribution in [3.05, 3.63) is 82.9 Å². The fraction of sp³-hybridized carbons (Fsp3) is 0.154. The number of carbonyl (C=O) groups excluding carboxylic acids is 2. The predicted molar refractivity (Wildman–Crippen MR) is 130 cm³/mol. The highest BCUT2D eigenvalue weighted by Gasteiger charge is 2.27. The van der Waals surface area contributed by atoms with Gasteiger partial charge in [-0.3, -0.25) is 9.78 Å². The molecule has 0 radical (unpaired) electrons. The number of thiazole rings is 1. The largest absolute Gasteiger partial charge is 0.482 e. The second kappa shape index (κ2) is 9.07. The first-order chi connectivity index (χ1) is 16.5. The fourth-order valence-corrected chi connectivity index (χ4v) is 4.74. The van der Waals surface area contributed by atoms with E-state index >= 15 is 0 Å². The zero-order chi connectivity index (χ0) is 23.7. The lowest BCUT2D eigenvalue weighted by Gasteiger charge is -2.30. The Hall–Kier alpha value is -4.04. The molecule has 8 heteroatoms. The van der Waals surface area contributed by atoms with Crippen molar-refractivity contribution in [2.45, 2.75) is 13.5 Å². The molecule has 0 spiro atoms. The van der Waals surface area contributed by atoms with Gasteiger partial charge in [0.25, 0.3) is 5.91 Å². The number of ether oxygens (including phenoxy) is 2. The Kier molecular flexibility index (Phi) is 5.81. The average molecular weight is 472 g/mol. The summed E-state index contributed by atoms with van der Waals surface area (Å²) < 4.78 is 10.4. The van der Waals surface area contributed by atoms with Crippen LogP contribution in [-0.4, -0.2) is 35.6 Å². The number of esters is 1. The number of benzene rings is 2. The lowest BCUT2D eigenvalue weighted by Crippen LogP contribution is -2.38. The lowest BCUT2D eigenvalue weighted by atomic mass is 10.1. The van der Waals surface area contributed by atoms with Crippen LogP contribution < -0.4 is 9.64 Å². The summed E-state index contributed by atoms with van der Waals surface area (Å²) in [6.07, 6.45) is 1.75. The first kappa shape index (κ1) is 21.8. The van der Waals surface area contributed by atoms with Crippen LogP contribution in [0.5, 0.6) is 5.75 Å². The molecule has 170 valence electrons. The molecule has 1 amide bonds. The summed E-state index contributed by atoms with van der Waals surface area (Å²) in [5.74, 6) is 0.117. The summed E-state index contributed by atoms with van der Waals surface area (Å²) >= 11 is 1.59. The molecule has 0 saturated heterocycles. The zero-order valence-electron chi connectivity index (χ0n) is 18.6. The molecule has 2 aromatic carbocycles. The van der Waals surface area contributed by atoms with Gasteiger partial charge in [0, 0.05) is 16.6 Å². The minimum Gasteiger partial charge on any atom is -0.482 e. The molecule has 0 aliphatic carbocycles. The van der Waals surface area contributed by atoms with Crippen molar-refractivity contribution in [3.63, 3.8) is 0 Å². The van der Waals surface area contributed by atoms with Crippen molar-refractivity contribution in [2.75, 3.05) is 18.6 Å². The van der Waals surface area contributed by atoms with Gasteiger partial charge < -0.3 is 14.4 Å². The normalized spacial score (nSPS) is 12.8. The standard InChI is InChI=1S/C26H21N3O4S/c1-16-24(28-25(34-16)20-5-3-4-12-27-20)19-10-11-22-21(13-19)29(23(30)15-33-22)14-17-6-8-18(9-7-17)26(31)32-2/h3-13H,14-15H2,1-2H3. The SMILES string of the molecule is COC(=O)c1ccc(CN2C(=O)COc3ccc(-c4nc(-c5ccccn5)sc4C)cc32)cc1. The Morgan fingerprint density at radius 3 is 2.71 bits per heavy atom. The summed E-state index contributed by atoms with van der Waals surface area (Å²) in [5, 5.41) is 0.848. The summed E-state index contributed by atoms with van der Waals surface area (Å²) in [6, 6.07) is 18.6. The molecule has 7 nitrogen and oxygen atoms in total. The molecule has 4 aromatic rings. The Balaban J connectivity index is 1.47. The van der Waals surface area contributed by atoms with Crippen LogP contribution in [0.3, 0.4) is 0 Å². The van der Waals surface area contributed by atoms with Crippen molar-refractivity contribution in [1.29, 1.82) is 0 Å². The second-order valence-corrected chi connectivity index (χ2v) is 8.98. The number of methoxy groups -OCH3 is 1. The van der Waals surface area contributed by atoms with E-state index in [4.69, 9.17) is 14.5 Å². The molecule has 2 aromatic heterocycles. The molecule has 5 rings (SSSR count). The smallest absolute Gasteiger partial charge is 0.337 e. The van der Waals surface area contributed by atoms with Crippen molar-refractivity contribution < 1.29 is 19.1 Å². The summed E-state index contributed by atoms with van der Waals surface area (Å²) in [7, 11) is 1.35. The van der Waals surface area contributed by atoms with Gasteiger partial charge >= 0.3 is 5.97 Å². The molecule has 0 atom stereocenters. The number of fused-ring (bicyclic) bond motifs is 1. The van der Waals surface area contributed by atoms with E-state index in [-0.39, 0.29) is 12.5 Å². The number of rotatable bonds is 5. The highest BCUT2D eigenvalue weighted by molar-refractivity contribution is 7.15. The summed E-state index contributed by atoms with van der Waals surface area (Å²) in [5.41, 5.74) is 4.63. The van der Waals surface area contributed by atoms with Gasteiger partial charge in [-0.1, -0.05) is 18.2 Å². The van der Waals surface area contributed by atoms with Gasteiger partial charge in [0.05, 0.1) is 36.3 Å². The maximum absolute atomic E-state index is 12.8. The molecule has 0 saturated carbocycles. The highest BCUT2D eigenvalue weighted by Crippen LogP contribution is 2.39. The second-order valence-electron chi connectivity index (χ2n) is 7.78. The van der Waals surface area contributed by atoms with E-state index in [1.807, 2.05) is 55.5 Å². The molecule has 1 aliphatic rings. The van der Waals surface area contributed by atoms with Crippen LogP contribution in [-0.2, 0) is 16.1 Å². The van der Waals surface area contributed by atoms with Crippen LogP contribution >= 0.6 is 11.3 Å². The highest BCUT2D eigenvalue weighted by atomic mass is 32.1. The number of pyridine rings is 1. The molecule has 3 heterocycles.